The van der Waals surface area contributed by atoms with Gasteiger partial charge < -0.3 is 14.7 Å². The molecule has 25 heavy (non-hydrogen) atoms. The molecule has 2 heterocycles. The number of aromatic amines is 1. The molecule has 0 spiro atoms. The van der Waals surface area contributed by atoms with Crippen molar-refractivity contribution in [1.29, 1.82) is 0 Å². The van der Waals surface area contributed by atoms with E-state index in [-0.39, 0.29) is 19.1 Å². The summed E-state index contributed by atoms with van der Waals surface area (Å²) in [7, 11) is 0. The molecule has 1 aromatic carbocycles. The highest BCUT2D eigenvalue weighted by molar-refractivity contribution is 5.78. The van der Waals surface area contributed by atoms with Gasteiger partial charge in [-0.15, -0.1) is 0 Å². The fourth-order valence-corrected chi connectivity index (χ4v) is 3.68. The molecule has 2 aliphatic rings. The van der Waals surface area contributed by atoms with Crippen LogP contribution in [0.15, 0.2) is 24.4 Å². The fourth-order valence-electron chi connectivity index (χ4n) is 3.68. The number of fused-ring (bicyclic) bond motifs is 1. The van der Waals surface area contributed by atoms with E-state index in [0.29, 0.717) is 18.7 Å². The van der Waals surface area contributed by atoms with Crippen LogP contribution >= 0.6 is 0 Å². The summed E-state index contributed by atoms with van der Waals surface area (Å²) in [5, 5.41) is 20.8. The maximum absolute atomic E-state index is 12.4. The van der Waals surface area contributed by atoms with Gasteiger partial charge in [-0.25, -0.2) is 0 Å². The molecule has 1 fully saturated rings. The Morgan fingerprint density at radius 3 is 2.96 bits per heavy atom. The van der Waals surface area contributed by atoms with Crippen LogP contribution in [-0.4, -0.2) is 51.0 Å². The molecule has 132 valence electrons. The quantitative estimate of drug-likeness (QED) is 0.871. The van der Waals surface area contributed by atoms with E-state index in [2.05, 4.69) is 27.5 Å². The minimum absolute atomic E-state index is 0.0202. The Morgan fingerprint density at radius 1 is 1.32 bits per heavy atom. The smallest absolute Gasteiger partial charge is 0.260 e. The maximum atomic E-state index is 12.4. The first-order chi connectivity index (χ1) is 12.1. The van der Waals surface area contributed by atoms with Crippen molar-refractivity contribution in [3.8, 4) is 5.75 Å². The van der Waals surface area contributed by atoms with Gasteiger partial charge in [0.25, 0.3) is 5.91 Å². The van der Waals surface area contributed by atoms with E-state index >= 15 is 0 Å². The summed E-state index contributed by atoms with van der Waals surface area (Å²) >= 11 is 0. The first kappa shape index (κ1) is 16.1. The zero-order chi connectivity index (χ0) is 17.3. The molecule has 2 aromatic rings. The zero-order valence-electron chi connectivity index (χ0n) is 14.1. The van der Waals surface area contributed by atoms with Crippen LogP contribution < -0.4 is 4.74 Å². The third-order valence-electron chi connectivity index (χ3n) is 5.17. The summed E-state index contributed by atoms with van der Waals surface area (Å²) in [4.78, 5) is 14.0. The highest BCUT2D eigenvalue weighted by Crippen LogP contribution is 2.30. The van der Waals surface area contributed by atoms with Crippen molar-refractivity contribution in [2.45, 2.75) is 37.7 Å². The van der Waals surface area contributed by atoms with Gasteiger partial charge in [0.1, 0.15) is 17.0 Å². The molecule has 7 heteroatoms. The second kappa shape index (κ2) is 6.48. The number of carbonyl (C=O) groups is 1. The van der Waals surface area contributed by atoms with Gasteiger partial charge in [0, 0.05) is 13.0 Å². The summed E-state index contributed by atoms with van der Waals surface area (Å²) in [5.74, 6) is 0.608. The predicted molar refractivity (Wildman–Crippen MR) is 90.1 cm³/mol. The molecule has 0 radical (unpaired) electrons. The normalized spacial score (nSPS) is 22.7. The standard InChI is InChI=1S/C18H22N4O3/c23-17(22-8-7-18(24,12-22)16-10-19-21-20-16)11-25-15-6-5-13-3-1-2-4-14(13)9-15/h5-6,9-10,24H,1-4,7-8,11-12H2,(H,19,20,21). The summed E-state index contributed by atoms with van der Waals surface area (Å²) in [6.45, 7) is 0.676. The lowest BCUT2D eigenvalue weighted by molar-refractivity contribution is -0.133. The van der Waals surface area contributed by atoms with Crippen LogP contribution in [0.5, 0.6) is 5.75 Å². The number of β-amino-alcohol motifs (C(OH)–C–C–N with tert-alkyl or cyclic N) is 1. The number of amides is 1. The molecular weight excluding hydrogens is 320 g/mol. The number of nitrogens with zero attached hydrogens (tertiary/aromatic N) is 3. The number of hydrogen-bond acceptors (Lipinski definition) is 5. The first-order valence-corrected chi connectivity index (χ1v) is 8.75. The van der Waals surface area contributed by atoms with E-state index < -0.39 is 5.60 Å². The van der Waals surface area contributed by atoms with Crippen molar-refractivity contribution in [2.75, 3.05) is 19.7 Å². The third-order valence-corrected chi connectivity index (χ3v) is 5.17. The van der Waals surface area contributed by atoms with Gasteiger partial charge in [-0.05, 0) is 48.9 Å². The van der Waals surface area contributed by atoms with Crippen molar-refractivity contribution < 1.29 is 14.6 Å². The lowest BCUT2D eigenvalue weighted by Crippen LogP contribution is -2.37. The molecule has 1 aliphatic carbocycles. The van der Waals surface area contributed by atoms with E-state index in [1.165, 1.54) is 30.2 Å². The van der Waals surface area contributed by atoms with Crippen molar-refractivity contribution in [3.05, 3.63) is 41.2 Å². The molecular formula is C18H22N4O3. The van der Waals surface area contributed by atoms with E-state index in [0.717, 1.165) is 18.6 Å². The summed E-state index contributed by atoms with van der Waals surface area (Å²) in [6.07, 6.45) is 6.61. The molecule has 1 atom stereocenters. The molecule has 1 aromatic heterocycles. The molecule has 1 saturated heterocycles. The van der Waals surface area contributed by atoms with Gasteiger partial charge in [0.2, 0.25) is 0 Å². The van der Waals surface area contributed by atoms with Gasteiger partial charge in [-0.2, -0.15) is 15.4 Å². The second-order valence-corrected chi connectivity index (χ2v) is 6.88. The Bertz CT molecular complexity index is 762. The molecule has 7 nitrogen and oxygen atoms in total. The predicted octanol–water partition coefficient (Wildman–Crippen LogP) is 1.18. The number of ether oxygens (including phenoxy) is 1. The van der Waals surface area contributed by atoms with Gasteiger partial charge >= 0.3 is 0 Å². The molecule has 2 N–H and O–H groups in total. The van der Waals surface area contributed by atoms with Crippen LogP contribution in [0.3, 0.4) is 0 Å². The van der Waals surface area contributed by atoms with Gasteiger partial charge in [0.15, 0.2) is 6.61 Å². The van der Waals surface area contributed by atoms with E-state index in [1.807, 2.05) is 6.07 Å². The second-order valence-electron chi connectivity index (χ2n) is 6.88. The van der Waals surface area contributed by atoms with Gasteiger partial charge in [-0.3, -0.25) is 4.79 Å². The van der Waals surface area contributed by atoms with Crippen molar-refractivity contribution in [2.24, 2.45) is 0 Å². The average molecular weight is 342 g/mol. The number of hydrogen-bond donors (Lipinski definition) is 2. The minimum atomic E-state index is -1.13. The number of nitrogens with one attached hydrogen (secondary N) is 1. The highest BCUT2D eigenvalue weighted by Gasteiger charge is 2.41. The summed E-state index contributed by atoms with van der Waals surface area (Å²) < 4.78 is 5.70. The topological polar surface area (TPSA) is 91.3 Å². The van der Waals surface area contributed by atoms with Gasteiger partial charge in [0.05, 0.1) is 12.7 Å². The summed E-state index contributed by atoms with van der Waals surface area (Å²) in [5.41, 5.74) is 2.06. The number of aromatic nitrogens is 3. The Labute approximate surface area is 146 Å². The Morgan fingerprint density at radius 2 is 2.16 bits per heavy atom. The minimum Gasteiger partial charge on any atom is -0.484 e. The molecule has 0 bridgehead atoms. The van der Waals surface area contributed by atoms with Crippen molar-refractivity contribution in [1.82, 2.24) is 20.3 Å². The van der Waals surface area contributed by atoms with E-state index in [4.69, 9.17) is 4.74 Å². The lowest BCUT2D eigenvalue weighted by Gasteiger charge is -2.21. The largest absolute Gasteiger partial charge is 0.484 e. The molecule has 1 amide bonds. The van der Waals surface area contributed by atoms with Crippen LogP contribution in [0.2, 0.25) is 0 Å². The van der Waals surface area contributed by atoms with Crippen LogP contribution in [0, 0.1) is 0 Å². The van der Waals surface area contributed by atoms with Crippen molar-refractivity contribution in [3.63, 3.8) is 0 Å². The van der Waals surface area contributed by atoms with Crippen LogP contribution in [0.4, 0.5) is 0 Å². The Balaban J connectivity index is 1.35. The number of H-pyrrole nitrogens is 1. The maximum Gasteiger partial charge on any atom is 0.260 e. The number of aliphatic hydroxyl groups is 1. The highest BCUT2D eigenvalue weighted by atomic mass is 16.5. The van der Waals surface area contributed by atoms with E-state index in [9.17, 15) is 9.90 Å². The first-order valence-electron chi connectivity index (χ1n) is 8.75. The van der Waals surface area contributed by atoms with Crippen LogP contribution in [0.1, 0.15) is 36.1 Å². The summed E-state index contributed by atoms with van der Waals surface area (Å²) in [6, 6.07) is 6.10. The number of carbonyl (C=O) groups excluding carboxylic acids is 1. The Kier molecular flexibility index (Phi) is 4.17. The molecule has 4 rings (SSSR count). The number of rotatable bonds is 4. The SMILES string of the molecule is O=C(COc1ccc2c(c1)CCCC2)N1CCC(O)(c2cn[nH]n2)C1. The van der Waals surface area contributed by atoms with E-state index in [1.54, 1.807) is 4.90 Å². The molecule has 1 unspecified atom stereocenters. The Hall–Kier alpha value is -2.41. The number of likely N-dealkylation sites (tertiary alicyclic amines) is 1. The monoisotopic (exact) mass is 342 g/mol. The van der Waals surface area contributed by atoms with Gasteiger partial charge in [-0.1, -0.05) is 6.07 Å². The number of benzene rings is 1. The third kappa shape index (κ3) is 3.24. The average Bonchev–Trinajstić information content (AvgIpc) is 3.30. The van der Waals surface area contributed by atoms with Crippen LogP contribution in [0.25, 0.3) is 0 Å². The molecule has 0 saturated carbocycles. The lowest BCUT2D eigenvalue weighted by atomic mass is 9.92. The molecule has 1 aliphatic heterocycles. The van der Waals surface area contributed by atoms with Crippen LogP contribution in [-0.2, 0) is 23.2 Å². The fraction of sp³-hybridized carbons (Fsp3) is 0.500. The number of aryl methyl sites for hydroxylation is 2. The van der Waals surface area contributed by atoms with Crippen molar-refractivity contribution >= 4 is 5.91 Å². The zero-order valence-corrected chi connectivity index (χ0v) is 14.1.